The van der Waals surface area contributed by atoms with Crippen molar-refractivity contribution in [1.29, 1.82) is 0 Å². The zero-order valence-electron chi connectivity index (χ0n) is 6.11. The molecule has 0 aromatic carbocycles. The van der Waals surface area contributed by atoms with Gasteiger partial charge in [0.25, 0.3) is 5.92 Å². The smallest absolute Gasteiger partial charge is 0.348 e. The van der Waals surface area contributed by atoms with E-state index in [0.29, 0.717) is 5.06 Å². The molecule has 1 amide bonds. The van der Waals surface area contributed by atoms with Gasteiger partial charge in [0.1, 0.15) is 13.1 Å². The van der Waals surface area contributed by atoms with Gasteiger partial charge in [0, 0.05) is 0 Å². The van der Waals surface area contributed by atoms with Crippen molar-refractivity contribution in [2.45, 2.75) is 5.92 Å². The number of carbonyl (C=O) groups excluding carboxylic acids is 1. The molecule has 74 valence electrons. The van der Waals surface area contributed by atoms with E-state index in [1.165, 1.54) is 0 Å². The summed E-state index contributed by atoms with van der Waals surface area (Å²) in [7, 11) is -2.92. The van der Waals surface area contributed by atoms with Crippen molar-refractivity contribution in [2.24, 2.45) is 4.36 Å². The number of hydroxylamine groups is 2. The summed E-state index contributed by atoms with van der Waals surface area (Å²) in [5.74, 6) is -2.88. The highest BCUT2D eigenvalue weighted by Crippen LogP contribution is 2.26. The number of amides is 1. The molecule has 0 radical (unpaired) electrons. The number of alkyl halides is 2. The molecule has 1 aliphatic rings. The highest BCUT2D eigenvalue weighted by molar-refractivity contribution is 7.62. The van der Waals surface area contributed by atoms with Crippen LogP contribution in [-0.4, -0.2) is 38.6 Å². The molecule has 0 N–H and O–H groups in total. The lowest BCUT2D eigenvalue weighted by Crippen LogP contribution is -2.56. The maximum atomic E-state index is 12.1. The molecule has 6 nitrogen and oxygen atoms in total. The Morgan fingerprint density at radius 1 is 1.46 bits per heavy atom. The lowest BCUT2D eigenvalue weighted by Gasteiger charge is -2.35. The first-order chi connectivity index (χ1) is 5.89. The fourth-order valence-electron chi connectivity index (χ4n) is 0.722. The van der Waals surface area contributed by atoms with Crippen LogP contribution >= 0.6 is 0 Å². The first-order valence-corrected chi connectivity index (χ1v) is 4.08. The van der Waals surface area contributed by atoms with Gasteiger partial charge in [-0.2, -0.15) is 8.42 Å². The van der Waals surface area contributed by atoms with E-state index in [4.69, 9.17) is 0 Å². The van der Waals surface area contributed by atoms with Gasteiger partial charge in [-0.15, -0.1) is 5.06 Å². The SMILES string of the molecule is O=C(N=S(=O)=O)ON1CC(F)(F)C1. The molecule has 0 unspecified atom stereocenters. The van der Waals surface area contributed by atoms with Gasteiger partial charge < -0.3 is 4.84 Å². The quantitative estimate of drug-likeness (QED) is 0.616. The van der Waals surface area contributed by atoms with Crippen LogP contribution in [0, 0.1) is 0 Å². The predicted molar refractivity (Wildman–Crippen MR) is 34.3 cm³/mol. The fourth-order valence-corrected chi connectivity index (χ4v) is 0.877. The van der Waals surface area contributed by atoms with Gasteiger partial charge >= 0.3 is 16.6 Å². The largest absolute Gasteiger partial charge is 0.467 e. The van der Waals surface area contributed by atoms with E-state index in [0.717, 1.165) is 0 Å². The van der Waals surface area contributed by atoms with Crippen molar-refractivity contribution in [2.75, 3.05) is 13.1 Å². The van der Waals surface area contributed by atoms with Crippen LogP contribution in [0.5, 0.6) is 0 Å². The average Bonchev–Trinajstić information content (AvgIpc) is 1.79. The Hall–Kier alpha value is -1.09. The molecule has 0 aromatic heterocycles. The third-order valence-electron chi connectivity index (χ3n) is 1.17. The second-order valence-electron chi connectivity index (χ2n) is 2.32. The number of rotatable bonds is 1. The van der Waals surface area contributed by atoms with E-state index in [2.05, 4.69) is 9.20 Å². The maximum absolute atomic E-state index is 12.1. The van der Waals surface area contributed by atoms with Crippen molar-refractivity contribution in [3.8, 4) is 0 Å². The number of hydrogen-bond acceptors (Lipinski definition) is 5. The third kappa shape index (κ3) is 3.03. The molecule has 1 rings (SSSR count). The number of hydrogen-bond donors (Lipinski definition) is 0. The number of nitrogens with zero attached hydrogens (tertiary/aromatic N) is 2. The normalized spacial score (nSPS) is 20.2. The predicted octanol–water partition coefficient (Wildman–Crippen LogP) is 0.0516. The van der Waals surface area contributed by atoms with E-state index in [-0.39, 0.29) is 0 Å². The molecular formula is C4H4F2N2O4S. The molecule has 1 saturated heterocycles. The van der Waals surface area contributed by atoms with Crippen LogP contribution in [0.25, 0.3) is 0 Å². The van der Waals surface area contributed by atoms with E-state index in [1.54, 1.807) is 0 Å². The molecule has 0 aromatic rings. The summed E-state index contributed by atoms with van der Waals surface area (Å²) >= 11 is 0. The summed E-state index contributed by atoms with van der Waals surface area (Å²) < 4.78 is 46.2. The molecule has 1 aliphatic heterocycles. The zero-order chi connectivity index (χ0) is 10.1. The molecule has 9 heteroatoms. The van der Waals surface area contributed by atoms with Gasteiger partial charge in [-0.25, -0.2) is 13.6 Å². The Balaban J connectivity index is 2.37. The van der Waals surface area contributed by atoms with Crippen LogP contribution in [0.4, 0.5) is 13.6 Å². The lowest BCUT2D eigenvalue weighted by molar-refractivity contribution is -0.253. The Morgan fingerprint density at radius 3 is 2.38 bits per heavy atom. The standard InChI is InChI=1S/C4H4F2N2O4S/c5-4(6)1-8(2-4)12-3(9)7-13(10)11/h1-2H2. The lowest BCUT2D eigenvalue weighted by atomic mass is 10.2. The van der Waals surface area contributed by atoms with Gasteiger partial charge in [-0.3, -0.25) is 0 Å². The summed E-state index contributed by atoms with van der Waals surface area (Å²) in [5, 5.41) is 0.624. The minimum Gasteiger partial charge on any atom is -0.348 e. The van der Waals surface area contributed by atoms with Gasteiger partial charge in [-0.05, 0) is 0 Å². The number of carbonyl (C=O) groups is 1. The molecule has 1 heterocycles. The fraction of sp³-hybridized carbons (Fsp3) is 0.750. The second-order valence-corrected chi connectivity index (χ2v) is 2.94. The van der Waals surface area contributed by atoms with E-state index in [9.17, 15) is 22.0 Å². The Kier molecular flexibility index (Phi) is 2.57. The first-order valence-electron chi connectivity index (χ1n) is 3.05. The van der Waals surface area contributed by atoms with Gasteiger partial charge in [-0.1, -0.05) is 4.36 Å². The first kappa shape index (κ1) is 9.99. The van der Waals surface area contributed by atoms with Gasteiger partial charge in [0.05, 0.1) is 0 Å². The minimum absolute atomic E-state index is 0.624. The van der Waals surface area contributed by atoms with Crippen LogP contribution in [0.3, 0.4) is 0 Å². The summed E-state index contributed by atoms with van der Waals surface area (Å²) in [5.41, 5.74) is 0. The summed E-state index contributed by atoms with van der Waals surface area (Å²) in [6.07, 6.45) is -1.43. The van der Waals surface area contributed by atoms with Crippen molar-refractivity contribution in [3.05, 3.63) is 0 Å². The van der Waals surface area contributed by atoms with Crippen LogP contribution in [0.2, 0.25) is 0 Å². The second kappa shape index (κ2) is 3.34. The highest BCUT2D eigenvalue weighted by Gasteiger charge is 2.46. The van der Waals surface area contributed by atoms with Gasteiger partial charge in [0.15, 0.2) is 0 Å². The summed E-state index contributed by atoms with van der Waals surface area (Å²) in [6.45, 7) is -1.47. The molecule has 13 heavy (non-hydrogen) atoms. The Labute approximate surface area is 72.7 Å². The van der Waals surface area contributed by atoms with Crippen LogP contribution in [0.15, 0.2) is 4.36 Å². The monoisotopic (exact) mass is 214 g/mol. The minimum atomic E-state index is -2.92. The molecule has 0 spiro atoms. The van der Waals surface area contributed by atoms with E-state index in [1.807, 2.05) is 0 Å². The van der Waals surface area contributed by atoms with Crippen molar-refractivity contribution < 1.29 is 26.8 Å². The zero-order valence-corrected chi connectivity index (χ0v) is 6.92. The van der Waals surface area contributed by atoms with Crippen molar-refractivity contribution >= 4 is 16.6 Å². The van der Waals surface area contributed by atoms with Crippen molar-refractivity contribution in [1.82, 2.24) is 5.06 Å². The van der Waals surface area contributed by atoms with Crippen LogP contribution < -0.4 is 0 Å². The van der Waals surface area contributed by atoms with E-state index >= 15 is 0 Å². The van der Waals surface area contributed by atoms with Crippen LogP contribution in [-0.2, 0) is 15.3 Å². The van der Waals surface area contributed by atoms with Crippen molar-refractivity contribution in [3.63, 3.8) is 0 Å². The summed E-state index contributed by atoms with van der Waals surface area (Å²) in [4.78, 5) is 14.5. The molecule has 0 saturated carbocycles. The Morgan fingerprint density at radius 2 is 2.00 bits per heavy atom. The van der Waals surface area contributed by atoms with Crippen LogP contribution in [0.1, 0.15) is 0 Å². The molecule has 0 atom stereocenters. The molecule has 1 fully saturated rings. The average molecular weight is 214 g/mol. The van der Waals surface area contributed by atoms with E-state index < -0.39 is 35.6 Å². The molecule has 0 aliphatic carbocycles. The third-order valence-corrected chi connectivity index (χ3v) is 1.47. The molecule has 0 bridgehead atoms. The highest BCUT2D eigenvalue weighted by atomic mass is 32.2. The maximum Gasteiger partial charge on any atom is 0.467 e. The number of halogens is 2. The topological polar surface area (TPSA) is 76.0 Å². The Bertz CT molecular complexity index is 335. The summed E-state index contributed by atoms with van der Waals surface area (Å²) in [6, 6.07) is 0. The van der Waals surface area contributed by atoms with Gasteiger partial charge in [0.2, 0.25) is 0 Å². The molecular weight excluding hydrogens is 210 g/mol.